The second kappa shape index (κ2) is 7.69. The monoisotopic (exact) mass is 373 g/mol. The van der Waals surface area contributed by atoms with Gasteiger partial charge in [0.15, 0.2) is 0 Å². The second-order valence-corrected chi connectivity index (χ2v) is 5.74. The average molecular weight is 374 g/mol. The van der Waals surface area contributed by atoms with Gasteiger partial charge in [-0.25, -0.2) is 4.98 Å². The Kier molecular flexibility index (Phi) is 5.65. The van der Waals surface area contributed by atoms with Crippen LogP contribution in [-0.2, 0) is 0 Å². The van der Waals surface area contributed by atoms with Gasteiger partial charge >= 0.3 is 0 Å². The molecule has 0 saturated carbocycles. The van der Waals surface area contributed by atoms with Gasteiger partial charge in [-0.05, 0) is 42.8 Å². The largest absolute Gasteiger partial charge is 0.347 e. The molecule has 0 fully saturated rings. The topological polar surface area (TPSA) is 71.1 Å². The summed E-state index contributed by atoms with van der Waals surface area (Å²) >= 11 is 3.38. The maximum absolute atomic E-state index is 12.3. The summed E-state index contributed by atoms with van der Waals surface area (Å²) in [6.07, 6.45) is 1.57. The Morgan fingerprint density at radius 1 is 1.22 bits per heavy atom. The zero-order chi connectivity index (χ0) is 16.8. The Balaban J connectivity index is 2.16. The second-order valence-electron chi connectivity index (χ2n) is 4.82. The molecule has 0 spiro atoms. The number of hydrogen-bond acceptors (Lipinski definition) is 3. The Labute approximate surface area is 142 Å². The first-order valence-electron chi connectivity index (χ1n) is 6.95. The number of amides is 2. The minimum absolute atomic E-state index is 0.179. The molecular formula is C17H16BrN3O2. The van der Waals surface area contributed by atoms with E-state index in [4.69, 9.17) is 0 Å². The third kappa shape index (κ3) is 4.50. The molecule has 2 amide bonds. The van der Waals surface area contributed by atoms with Crippen molar-refractivity contribution in [2.75, 3.05) is 11.9 Å². The Morgan fingerprint density at radius 3 is 2.57 bits per heavy atom. The smallest absolute Gasteiger partial charge is 0.274 e. The van der Waals surface area contributed by atoms with Crippen molar-refractivity contribution in [1.29, 1.82) is 0 Å². The van der Waals surface area contributed by atoms with Gasteiger partial charge in [-0.2, -0.15) is 0 Å². The van der Waals surface area contributed by atoms with Crippen molar-refractivity contribution in [1.82, 2.24) is 10.3 Å². The van der Waals surface area contributed by atoms with Crippen LogP contribution in [0.1, 0.15) is 26.5 Å². The van der Waals surface area contributed by atoms with Crippen molar-refractivity contribution < 1.29 is 9.59 Å². The highest BCUT2D eigenvalue weighted by Gasteiger charge is 2.13. The minimum atomic E-state index is -0.367. The molecule has 1 heterocycles. The minimum Gasteiger partial charge on any atom is -0.347 e. The molecule has 0 saturated heterocycles. The molecule has 5 nitrogen and oxygen atoms in total. The van der Waals surface area contributed by atoms with Crippen LogP contribution in [0, 0.1) is 6.92 Å². The van der Waals surface area contributed by atoms with Crippen LogP contribution < -0.4 is 10.6 Å². The zero-order valence-electron chi connectivity index (χ0n) is 12.6. The first-order chi connectivity index (χ1) is 11.0. The van der Waals surface area contributed by atoms with Crippen molar-refractivity contribution in [3.8, 4) is 0 Å². The molecule has 1 aromatic heterocycles. The molecule has 2 rings (SSSR count). The van der Waals surface area contributed by atoms with E-state index < -0.39 is 0 Å². The van der Waals surface area contributed by atoms with Crippen LogP contribution in [0.4, 0.5) is 5.69 Å². The molecule has 0 aliphatic heterocycles. The van der Waals surface area contributed by atoms with E-state index in [2.05, 4.69) is 38.1 Å². The number of nitrogens with one attached hydrogen (secondary N) is 2. The van der Waals surface area contributed by atoms with Gasteiger partial charge in [-0.1, -0.05) is 28.1 Å². The van der Waals surface area contributed by atoms with E-state index in [1.165, 1.54) is 0 Å². The van der Waals surface area contributed by atoms with Crippen molar-refractivity contribution in [2.45, 2.75) is 6.92 Å². The van der Waals surface area contributed by atoms with Gasteiger partial charge in [0, 0.05) is 16.7 Å². The zero-order valence-corrected chi connectivity index (χ0v) is 14.2. The van der Waals surface area contributed by atoms with Crippen LogP contribution in [-0.4, -0.2) is 23.3 Å². The molecule has 23 heavy (non-hydrogen) atoms. The highest BCUT2D eigenvalue weighted by atomic mass is 79.9. The number of rotatable bonds is 5. The van der Waals surface area contributed by atoms with Crippen molar-refractivity contribution in [2.24, 2.45) is 0 Å². The number of carbonyl (C=O) groups excluding carboxylic acids is 2. The molecule has 1 aromatic carbocycles. The number of anilines is 1. The van der Waals surface area contributed by atoms with E-state index in [-0.39, 0.29) is 23.2 Å². The summed E-state index contributed by atoms with van der Waals surface area (Å²) in [5.41, 5.74) is 1.99. The number of benzene rings is 1. The average Bonchev–Trinajstić information content (AvgIpc) is 2.55. The molecule has 0 aliphatic carbocycles. The van der Waals surface area contributed by atoms with E-state index >= 15 is 0 Å². The van der Waals surface area contributed by atoms with Gasteiger partial charge in [0.25, 0.3) is 11.8 Å². The third-order valence-corrected chi connectivity index (χ3v) is 3.55. The molecule has 2 aromatic rings. The lowest BCUT2D eigenvalue weighted by Crippen LogP contribution is -2.25. The molecule has 6 heteroatoms. The summed E-state index contributed by atoms with van der Waals surface area (Å²) in [6, 6.07) is 10.3. The summed E-state index contributed by atoms with van der Waals surface area (Å²) < 4.78 is 0.937. The van der Waals surface area contributed by atoms with E-state index in [9.17, 15) is 9.59 Å². The normalized spacial score (nSPS) is 10.0. The summed E-state index contributed by atoms with van der Waals surface area (Å²) in [4.78, 5) is 28.3. The van der Waals surface area contributed by atoms with Crippen molar-refractivity contribution in [3.63, 3.8) is 0 Å². The number of pyridine rings is 1. The number of nitrogens with zero attached hydrogens (tertiary/aromatic N) is 1. The first-order valence-corrected chi connectivity index (χ1v) is 7.74. The maximum atomic E-state index is 12.3. The fourth-order valence-corrected chi connectivity index (χ4v) is 2.37. The molecule has 0 bridgehead atoms. The first kappa shape index (κ1) is 16.9. The lowest BCUT2D eigenvalue weighted by molar-refractivity contribution is 0.0953. The van der Waals surface area contributed by atoms with Gasteiger partial charge in [-0.3, -0.25) is 9.59 Å². The van der Waals surface area contributed by atoms with Crippen LogP contribution in [0.25, 0.3) is 0 Å². The van der Waals surface area contributed by atoms with Gasteiger partial charge in [0.1, 0.15) is 11.4 Å². The summed E-state index contributed by atoms with van der Waals surface area (Å²) in [6.45, 7) is 5.77. The number of carbonyl (C=O) groups is 2. The van der Waals surface area contributed by atoms with Gasteiger partial charge in [-0.15, -0.1) is 6.58 Å². The molecule has 0 unspecified atom stereocenters. The van der Waals surface area contributed by atoms with Crippen LogP contribution in [0.5, 0.6) is 0 Å². The standard InChI is InChI=1S/C17H16BrN3O2/c1-3-9-19-16(22)14-5-4-6-15(20-14)17(23)21-13-8-7-12(18)10-11(13)2/h3-8,10H,1,9H2,2H3,(H,19,22)(H,21,23). The third-order valence-electron chi connectivity index (χ3n) is 3.06. The van der Waals surface area contributed by atoms with E-state index in [1.54, 1.807) is 30.3 Å². The van der Waals surface area contributed by atoms with Gasteiger partial charge < -0.3 is 10.6 Å². The van der Waals surface area contributed by atoms with Crippen molar-refractivity contribution in [3.05, 3.63) is 70.5 Å². The highest BCUT2D eigenvalue weighted by molar-refractivity contribution is 9.10. The van der Waals surface area contributed by atoms with Gasteiger partial charge in [0.05, 0.1) is 0 Å². The summed E-state index contributed by atoms with van der Waals surface area (Å²) in [7, 11) is 0. The lowest BCUT2D eigenvalue weighted by Gasteiger charge is -2.09. The van der Waals surface area contributed by atoms with E-state index in [1.807, 2.05) is 19.1 Å². The Hall–Kier alpha value is -2.47. The van der Waals surface area contributed by atoms with Crippen LogP contribution in [0.3, 0.4) is 0 Å². The maximum Gasteiger partial charge on any atom is 0.274 e. The Bertz CT molecular complexity index is 759. The SMILES string of the molecule is C=CCNC(=O)c1cccc(C(=O)Nc2ccc(Br)cc2C)n1. The molecule has 0 aliphatic rings. The van der Waals surface area contributed by atoms with Crippen LogP contribution in [0.2, 0.25) is 0 Å². The molecule has 0 radical (unpaired) electrons. The number of halogens is 1. The van der Waals surface area contributed by atoms with Gasteiger partial charge in [0.2, 0.25) is 0 Å². The number of aromatic nitrogens is 1. The van der Waals surface area contributed by atoms with E-state index in [0.717, 1.165) is 10.0 Å². The van der Waals surface area contributed by atoms with Crippen LogP contribution in [0.15, 0.2) is 53.5 Å². The molecule has 2 N–H and O–H groups in total. The predicted molar refractivity (Wildman–Crippen MR) is 93.6 cm³/mol. The fraction of sp³-hybridized carbons (Fsp3) is 0.118. The number of hydrogen-bond donors (Lipinski definition) is 2. The van der Waals surface area contributed by atoms with Crippen LogP contribution >= 0.6 is 15.9 Å². The Morgan fingerprint density at radius 2 is 1.91 bits per heavy atom. The summed E-state index contributed by atoms with van der Waals surface area (Å²) in [5, 5.41) is 5.42. The predicted octanol–water partition coefficient (Wildman–Crippen LogP) is 3.32. The molecule has 118 valence electrons. The number of aryl methyl sites for hydroxylation is 1. The molecular weight excluding hydrogens is 358 g/mol. The van der Waals surface area contributed by atoms with E-state index in [0.29, 0.717) is 12.2 Å². The summed E-state index contributed by atoms with van der Waals surface area (Å²) in [5.74, 6) is -0.715. The highest BCUT2D eigenvalue weighted by Crippen LogP contribution is 2.20. The fourth-order valence-electron chi connectivity index (χ4n) is 1.90. The molecule has 0 atom stereocenters. The lowest BCUT2D eigenvalue weighted by atomic mass is 10.2. The van der Waals surface area contributed by atoms with Crippen molar-refractivity contribution >= 4 is 33.4 Å². The quantitative estimate of drug-likeness (QED) is 0.789.